The summed E-state index contributed by atoms with van der Waals surface area (Å²) in [4.78, 5) is 9.04. The predicted octanol–water partition coefficient (Wildman–Crippen LogP) is 2.89. The lowest BCUT2D eigenvalue weighted by molar-refractivity contribution is 0.0514. The Labute approximate surface area is 155 Å². The van der Waals surface area contributed by atoms with Crippen molar-refractivity contribution in [2.75, 3.05) is 26.3 Å². The van der Waals surface area contributed by atoms with Gasteiger partial charge < -0.3 is 15.4 Å². The molecule has 0 bridgehead atoms. The van der Waals surface area contributed by atoms with E-state index in [-0.39, 0.29) is 5.41 Å². The van der Waals surface area contributed by atoms with Crippen molar-refractivity contribution in [3.63, 3.8) is 0 Å². The van der Waals surface area contributed by atoms with Gasteiger partial charge in [0.25, 0.3) is 0 Å². The average molecular weight is 352 g/mol. The second-order valence-electron chi connectivity index (χ2n) is 6.63. The fourth-order valence-electron chi connectivity index (χ4n) is 3.37. The Balaban J connectivity index is 1.71. The highest BCUT2D eigenvalue weighted by molar-refractivity contribution is 5.79. The number of rotatable bonds is 6. The predicted molar refractivity (Wildman–Crippen MR) is 105 cm³/mol. The summed E-state index contributed by atoms with van der Waals surface area (Å²) >= 11 is 0. The molecule has 1 aromatic carbocycles. The van der Waals surface area contributed by atoms with Gasteiger partial charge >= 0.3 is 0 Å². The number of nitrogens with zero attached hydrogens (tertiary/aromatic N) is 2. The van der Waals surface area contributed by atoms with Crippen molar-refractivity contribution < 1.29 is 4.74 Å². The van der Waals surface area contributed by atoms with Gasteiger partial charge in [0, 0.05) is 37.9 Å². The minimum Gasteiger partial charge on any atom is -0.381 e. The van der Waals surface area contributed by atoms with Crippen molar-refractivity contribution in [1.29, 1.82) is 0 Å². The lowest BCUT2D eigenvalue weighted by atomic mass is 9.74. The molecule has 0 amide bonds. The van der Waals surface area contributed by atoms with Crippen LogP contribution in [0.3, 0.4) is 0 Å². The summed E-state index contributed by atoms with van der Waals surface area (Å²) in [7, 11) is 0. The maximum Gasteiger partial charge on any atom is 0.191 e. The summed E-state index contributed by atoms with van der Waals surface area (Å²) in [6.07, 6.45) is 3.84. The summed E-state index contributed by atoms with van der Waals surface area (Å²) in [5.74, 6) is 0.833. The van der Waals surface area contributed by atoms with Gasteiger partial charge in [-0.15, -0.1) is 0 Å². The summed E-state index contributed by atoms with van der Waals surface area (Å²) in [6, 6.07) is 16.7. The molecule has 1 fully saturated rings. The van der Waals surface area contributed by atoms with Gasteiger partial charge in [0.1, 0.15) is 0 Å². The number of nitrogens with one attached hydrogen (secondary N) is 2. The molecular weight excluding hydrogens is 324 g/mol. The molecular formula is C21H28N4O. The van der Waals surface area contributed by atoms with E-state index in [0.717, 1.165) is 50.8 Å². The van der Waals surface area contributed by atoms with Gasteiger partial charge in [0.05, 0.1) is 12.2 Å². The number of benzene rings is 1. The zero-order valence-electron chi connectivity index (χ0n) is 15.4. The second kappa shape index (κ2) is 9.34. The van der Waals surface area contributed by atoms with Crippen LogP contribution >= 0.6 is 0 Å². The van der Waals surface area contributed by atoms with E-state index in [1.807, 2.05) is 18.2 Å². The van der Waals surface area contributed by atoms with Gasteiger partial charge in [-0.25, -0.2) is 4.99 Å². The fourth-order valence-corrected chi connectivity index (χ4v) is 3.37. The highest BCUT2D eigenvalue weighted by Gasteiger charge is 2.34. The maximum absolute atomic E-state index is 5.62. The van der Waals surface area contributed by atoms with Crippen LogP contribution in [0.5, 0.6) is 0 Å². The summed E-state index contributed by atoms with van der Waals surface area (Å²) in [5, 5.41) is 6.90. The van der Waals surface area contributed by atoms with Crippen molar-refractivity contribution in [1.82, 2.24) is 15.6 Å². The highest BCUT2D eigenvalue weighted by atomic mass is 16.5. The van der Waals surface area contributed by atoms with E-state index in [1.165, 1.54) is 5.56 Å². The van der Waals surface area contributed by atoms with E-state index < -0.39 is 0 Å². The normalized spacial score (nSPS) is 16.9. The molecule has 0 unspecified atom stereocenters. The molecule has 5 nitrogen and oxygen atoms in total. The van der Waals surface area contributed by atoms with E-state index in [1.54, 1.807) is 6.20 Å². The van der Waals surface area contributed by atoms with Crippen molar-refractivity contribution >= 4 is 5.96 Å². The first kappa shape index (κ1) is 18.4. The van der Waals surface area contributed by atoms with Crippen molar-refractivity contribution in [2.24, 2.45) is 4.99 Å². The van der Waals surface area contributed by atoms with Crippen molar-refractivity contribution in [2.45, 2.75) is 31.7 Å². The van der Waals surface area contributed by atoms with Crippen molar-refractivity contribution in [3.8, 4) is 0 Å². The number of guanidine groups is 1. The molecule has 0 atom stereocenters. The third-order valence-corrected chi connectivity index (χ3v) is 4.90. The lowest BCUT2D eigenvalue weighted by Crippen LogP contribution is -2.48. The highest BCUT2D eigenvalue weighted by Crippen LogP contribution is 2.34. The number of hydrogen-bond donors (Lipinski definition) is 2. The molecule has 1 aromatic heterocycles. The van der Waals surface area contributed by atoms with Crippen LogP contribution in [0.15, 0.2) is 59.7 Å². The Hall–Kier alpha value is -2.40. The molecule has 0 saturated carbocycles. The SMILES string of the molecule is CCNC(=NCc1ccccn1)NCC1(c2ccccc2)CCOCC1. The average Bonchev–Trinajstić information content (AvgIpc) is 2.72. The van der Waals surface area contributed by atoms with Crippen LogP contribution in [0.1, 0.15) is 31.0 Å². The Morgan fingerprint density at radius 3 is 2.54 bits per heavy atom. The van der Waals surface area contributed by atoms with Gasteiger partial charge in [-0.1, -0.05) is 36.4 Å². The minimum absolute atomic E-state index is 0.0840. The molecule has 1 aliphatic rings. The summed E-state index contributed by atoms with van der Waals surface area (Å²) < 4.78 is 5.62. The van der Waals surface area contributed by atoms with E-state index in [4.69, 9.17) is 9.73 Å². The lowest BCUT2D eigenvalue weighted by Gasteiger charge is -2.38. The van der Waals surface area contributed by atoms with Gasteiger partial charge in [-0.05, 0) is 37.5 Å². The Kier molecular flexibility index (Phi) is 6.61. The van der Waals surface area contributed by atoms with Crippen LogP contribution < -0.4 is 10.6 Å². The topological polar surface area (TPSA) is 58.5 Å². The number of aromatic nitrogens is 1. The van der Waals surface area contributed by atoms with E-state index in [0.29, 0.717) is 6.54 Å². The molecule has 1 aliphatic heterocycles. The third kappa shape index (κ3) is 4.82. The number of hydrogen-bond acceptors (Lipinski definition) is 3. The first-order chi connectivity index (χ1) is 12.8. The monoisotopic (exact) mass is 352 g/mol. The van der Waals surface area contributed by atoms with Crippen LogP contribution in [0, 0.1) is 0 Å². The maximum atomic E-state index is 5.62. The molecule has 138 valence electrons. The largest absolute Gasteiger partial charge is 0.381 e. The van der Waals surface area contributed by atoms with E-state index in [2.05, 4.69) is 52.9 Å². The second-order valence-corrected chi connectivity index (χ2v) is 6.63. The quantitative estimate of drug-likeness (QED) is 0.620. The van der Waals surface area contributed by atoms with E-state index >= 15 is 0 Å². The number of aliphatic imine (C=N–C) groups is 1. The molecule has 26 heavy (non-hydrogen) atoms. The fraction of sp³-hybridized carbons (Fsp3) is 0.429. The molecule has 2 heterocycles. The van der Waals surface area contributed by atoms with Crippen LogP contribution in [-0.2, 0) is 16.7 Å². The molecule has 5 heteroatoms. The molecule has 0 aliphatic carbocycles. The van der Waals surface area contributed by atoms with Crippen molar-refractivity contribution in [3.05, 3.63) is 66.0 Å². The zero-order chi connectivity index (χ0) is 18.1. The van der Waals surface area contributed by atoms with Gasteiger partial charge in [-0.3, -0.25) is 4.98 Å². The van der Waals surface area contributed by atoms with Gasteiger partial charge in [0.2, 0.25) is 0 Å². The van der Waals surface area contributed by atoms with Crippen LogP contribution in [-0.4, -0.2) is 37.2 Å². The smallest absolute Gasteiger partial charge is 0.191 e. The molecule has 3 rings (SSSR count). The molecule has 2 N–H and O–H groups in total. The first-order valence-corrected chi connectivity index (χ1v) is 9.38. The van der Waals surface area contributed by atoms with Crippen LogP contribution in [0.25, 0.3) is 0 Å². The van der Waals surface area contributed by atoms with Gasteiger partial charge in [-0.2, -0.15) is 0 Å². The zero-order valence-corrected chi connectivity index (χ0v) is 15.4. The molecule has 2 aromatic rings. The number of pyridine rings is 1. The molecule has 0 spiro atoms. The van der Waals surface area contributed by atoms with Gasteiger partial charge in [0.15, 0.2) is 5.96 Å². The standard InChI is InChI=1S/C21H28N4O/c1-2-22-20(24-16-19-10-6-7-13-23-19)25-17-21(11-14-26-15-12-21)18-8-4-3-5-9-18/h3-10,13H,2,11-12,14-17H2,1H3,(H2,22,24,25). The Bertz CT molecular complexity index is 682. The third-order valence-electron chi connectivity index (χ3n) is 4.90. The molecule has 1 saturated heterocycles. The summed E-state index contributed by atoms with van der Waals surface area (Å²) in [6.45, 7) is 5.93. The summed E-state index contributed by atoms with van der Waals surface area (Å²) in [5.41, 5.74) is 2.42. The van der Waals surface area contributed by atoms with E-state index in [9.17, 15) is 0 Å². The Morgan fingerprint density at radius 2 is 1.85 bits per heavy atom. The number of ether oxygens (including phenoxy) is 1. The van der Waals surface area contributed by atoms with Crippen LogP contribution in [0.2, 0.25) is 0 Å². The Morgan fingerprint density at radius 1 is 1.08 bits per heavy atom. The van der Waals surface area contributed by atoms with Crippen LogP contribution in [0.4, 0.5) is 0 Å². The minimum atomic E-state index is 0.0840. The molecule has 0 radical (unpaired) electrons. The first-order valence-electron chi connectivity index (χ1n) is 9.38.